The molecule has 2 saturated heterocycles. The van der Waals surface area contributed by atoms with Crippen LogP contribution in [0.3, 0.4) is 0 Å². The van der Waals surface area contributed by atoms with Crippen molar-refractivity contribution in [1.29, 1.82) is 0 Å². The number of hydrogen-bond donors (Lipinski definition) is 0. The smallest absolute Gasteiger partial charge is 0.0841 e. The predicted molar refractivity (Wildman–Crippen MR) is 99.6 cm³/mol. The van der Waals surface area contributed by atoms with Gasteiger partial charge in [0.15, 0.2) is 0 Å². The fraction of sp³-hybridized carbons (Fsp3) is 0.524. The van der Waals surface area contributed by atoms with E-state index < -0.39 is 0 Å². The summed E-state index contributed by atoms with van der Waals surface area (Å²) < 4.78 is 12.4. The van der Waals surface area contributed by atoms with Crippen molar-refractivity contribution >= 4 is 0 Å². The Hall–Kier alpha value is -1.82. The lowest BCUT2D eigenvalue weighted by atomic mass is 9.89. The topological polar surface area (TPSA) is 47.5 Å². The highest BCUT2D eigenvalue weighted by molar-refractivity contribution is 5.10. The van der Waals surface area contributed by atoms with Crippen LogP contribution in [0.4, 0.5) is 0 Å². The van der Waals surface area contributed by atoms with Crippen LogP contribution >= 0.6 is 0 Å². The van der Waals surface area contributed by atoms with Crippen molar-refractivity contribution in [1.82, 2.24) is 14.9 Å². The molecule has 4 rings (SSSR count). The Morgan fingerprint density at radius 1 is 1.31 bits per heavy atom. The van der Waals surface area contributed by atoms with Crippen molar-refractivity contribution in [3.05, 3.63) is 59.7 Å². The Kier molecular flexibility index (Phi) is 5.29. The van der Waals surface area contributed by atoms with Crippen molar-refractivity contribution < 1.29 is 9.47 Å². The van der Waals surface area contributed by atoms with Gasteiger partial charge in [0.1, 0.15) is 0 Å². The highest BCUT2D eigenvalue weighted by Gasteiger charge is 2.43. The second-order valence-corrected chi connectivity index (χ2v) is 7.58. The molecular weight excluding hydrogens is 326 g/mol. The largest absolute Gasteiger partial charge is 0.371 e. The molecule has 0 unspecified atom stereocenters. The van der Waals surface area contributed by atoms with Crippen molar-refractivity contribution in [3.63, 3.8) is 0 Å². The van der Waals surface area contributed by atoms with Crippen molar-refractivity contribution in [3.8, 4) is 0 Å². The van der Waals surface area contributed by atoms with Crippen LogP contribution in [-0.4, -0.2) is 46.3 Å². The van der Waals surface area contributed by atoms with Crippen LogP contribution in [0.1, 0.15) is 36.2 Å². The van der Waals surface area contributed by atoms with Gasteiger partial charge in [-0.2, -0.15) is 0 Å². The molecule has 138 valence electrons. The van der Waals surface area contributed by atoms with Crippen LogP contribution < -0.4 is 0 Å². The molecule has 1 spiro atoms. The highest BCUT2D eigenvalue weighted by atomic mass is 16.6. The highest BCUT2D eigenvalue weighted by Crippen LogP contribution is 2.36. The van der Waals surface area contributed by atoms with E-state index in [1.165, 1.54) is 6.42 Å². The van der Waals surface area contributed by atoms with E-state index in [9.17, 15) is 0 Å². The van der Waals surface area contributed by atoms with Gasteiger partial charge in [0, 0.05) is 37.6 Å². The average molecular weight is 353 g/mol. The molecule has 2 aromatic heterocycles. The normalized spacial score (nSPS) is 26.4. The van der Waals surface area contributed by atoms with Crippen molar-refractivity contribution in [2.75, 3.05) is 19.7 Å². The number of likely N-dealkylation sites (tertiary alicyclic amines) is 1. The molecule has 0 saturated carbocycles. The molecule has 26 heavy (non-hydrogen) atoms. The summed E-state index contributed by atoms with van der Waals surface area (Å²) in [6.07, 6.45) is 7.09. The zero-order chi connectivity index (χ0) is 17.8. The first-order valence-corrected chi connectivity index (χ1v) is 9.50. The Labute approximate surface area is 155 Å². The molecule has 2 aliphatic rings. The van der Waals surface area contributed by atoms with E-state index >= 15 is 0 Å². The molecule has 2 fully saturated rings. The van der Waals surface area contributed by atoms with Crippen molar-refractivity contribution in [2.45, 2.75) is 51.0 Å². The number of aromatic nitrogens is 2. The molecule has 0 aliphatic carbocycles. The molecule has 0 N–H and O–H groups in total. The maximum atomic E-state index is 6.27. The Bertz CT molecular complexity index is 724. The van der Waals surface area contributed by atoms with Gasteiger partial charge in [-0.1, -0.05) is 12.1 Å². The first-order chi connectivity index (χ1) is 12.7. The first kappa shape index (κ1) is 17.6. The van der Waals surface area contributed by atoms with Gasteiger partial charge in [-0.05, 0) is 50.1 Å². The monoisotopic (exact) mass is 353 g/mol. The van der Waals surface area contributed by atoms with Crippen LogP contribution in [0.5, 0.6) is 0 Å². The second kappa shape index (κ2) is 7.82. The molecule has 4 heterocycles. The van der Waals surface area contributed by atoms with Gasteiger partial charge < -0.3 is 9.47 Å². The van der Waals surface area contributed by atoms with E-state index in [4.69, 9.17) is 9.47 Å². The maximum absolute atomic E-state index is 6.27. The Morgan fingerprint density at radius 3 is 3.12 bits per heavy atom. The number of ether oxygens (including phenoxy) is 2. The summed E-state index contributed by atoms with van der Waals surface area (Å²) in [4.78, 5) is 11.3. The minimum absolute atomic E-state index is 0.0539. The Morgan fingerprint density at radius 2 is 2.27 bits per heavy atom. The standard InChI is InChI=1S/C21H27N3O2/c1-17-5-2-7-19(23-17)13-24-10-4-8-21(16-24)11-20(15-26-21)25-14-18-6-3-9-22-12-18/h2-3,5-7,9,12,20H,4,8,10-11,13-16H2,1H3/t20-,21-/m0/s1. The van der Waals surface area contributed by atoms with Gasteiger partial charge in [0.2, 0.25) is 0 Å². The fourth-order valence-corrected chi connectivity index (χ4v) is 4.13. The minimum Gasteiger partial charge on any atom is -0.371 e. The zero-order valence-electron chi connectivity index (χ0n) is 15.4. The Balaban J connectivity index is 1.32. The van der Waals surface area contributed by atoms with E-state index in [1.54, 1.807) is 6.20 Å². The van der Waals surface area contributed by atoms with E-state index in [0.29, 0.717) is 13.2 Å². The third-order valence-corrected chi connectivity index (χ3v) is 5.33. The molecule has 0 amide bonds. The van der Waals surface area contributed by atoms with Gasteiger partial charge in [-0.3, -0.25) is 14.9 Å². The number of piperidine rings is 1. The fourth-order valence-electron chi connectivity index (χ4n) is 4.13. The van der Waals surface area contributed by atoms with E-state index in [1.807, 2.05) is 25.3 Å². The van der Waals surface area contributed by atoms with Crippen LogP contribution in [0.2, 0.25) is 0 Å². The lowest BCUT2D eigenvalue weighted by Gasteiger charge is -2.39. The zero-order valence-corrected chi connectivity index (χ0v) is 15.4. The predicted octanol–water partition coefficient (Wildman–Crippen LogP) is 3.13. The van der Waals surface area contributed by atoms with Crippen LogP contribution in [0, 0.1) is 6.92 Å². The third kappa shape index (κ3) is 4.29. The molecule has 2 aromatic rings. The van der Waals surface area contributed by atoms with Gasteiger partial charge in [-0.15, -0.1) is 0 Å². The summed E-state index contributed by atoms with van der Waals surface area (Å²) in [6, 6.07) is 10.3. The van der Waals surface area contributed by atoms with E-state index in [0.717, 1.165) is 49.4 Å². The lowest BCUT2D eigenvalue weighted by Crippen LogP contribution is -2.47. The molecule has 2 aliphatic heterocycles. The molecule has 0 radical (unpaired) electrons. The summed E-state index contributed by atoms with van der Waals surface area (Å²) in [5, 5.41) is 0. The quantitative estimate of drug-likeness (QED) is 0.826. The van der Waals surface area contributed by atoms with Gasteiger partial charge in [-0.25, -0.2) is 0 Å². The van der Waals surface area contributed by atoms with E-state index in [2.05, 4.69) is 33.1 Å². The summed E-state index contributed by atoms with van der Waals surface area (Å²) in [5.74, 6) is 0. The number of rotatable bonds is 5. The average Bonchev–Trinajstić information content (AvgIpc) is 3.03. The van der Waals surface area contributed by atoms with Gasteiger partial charge in [0.05, 0.1) is 30.6 Å². The first-order valence-electron chi connectivity index (χ1n) is 9.50. The molecule has 0 bridgehead atoms. The van der Waals surface area contributed by atoms with Gasteiger partial charge in [0.25, 0.3) is 0 Å². The van der Waals surface area contributed by atoms with Crippen LogP contribution in [0.25, 0.3) is 0 Å². The summed E-state index contributed by atoms with van der Waals surface area (Å²) in [6.45, 7) is 6.32. The summed E-state index contributed by atoms with van der Waals surface area (Å²) in [7, 11) is 0. The molecule has 5 heteroatoms. The second-order valence-electron chi connectivity index (χ2n) is 7.58. The van der Waals surface area contributed by atoms with E-state index in [-0.39, 0.29) is 11.7 Å². The molecule has 2 atom stereocenters. The third-order valence-electron chi connectivity index (χ3n) is 5.33. The lowest BCUT2D eigenvalue weighted by molar-refractivity contribution is -0.0550. The molecular formula is C21H27N3O2. The number of aryl methyl sites for hydroxylation is 1. The minimum atomic E-state index is -0.0539. The SMILES string of the molecule is Cc1cccc(CN2CCC[C@]3(C[C@H](OCc4cccnc4)CO3)C2)n1. The number of pyridine rings is 2. The van der Waals surface area contributed by atoms with Crippen molar-refractivity contribution in [2.24, 2.45) is 0 Å². The summed E-state index contributed by atoms with van der Waals surface area (Å²) in [5.41, 5.74) is 3.28. The van der Waals surface area contributed by atoms with Crippen LogP contribution in [0.15, 0.2) is 42.7 Å². The van der Waals surface area contributed by atoms with Crippen LogP contribution in [-0.2, 0) is 22.6 Å². The maximum Gasteiger partial charge on any atom is 0.0841 e. The molecule has 5 nitrogen and oxygen atoms in total. The summed E-state index contributed by atoms with van der Waals surface area (Å²) >= 11 is 0. The number of hydrogen-bond acceptors (Lipinski definition) is 5. The molecule has 0 aromatic carbocycles. The number of nitrogens with zero attached hydrogens (tertiary/aromatic N) is 3. The van der Waals surface area contributed by atoms with Gasteiger partial charge >= 0.3 is 0 Å².